The van der Waals surface area contributed by atoms with Crippen molar-refractivity contribution in [2.45, 2.75) is 6.54 Å². The molecule has 102 valence electrons. The van der Waals surface area contributed by atoms with Gasteiger partial charge in [0.15, 0.2) is 0 Å². The highest BCUT2D eigenvalue weighted by Crippen LogP contribution is 2.22. The van der Waals surface area contributed by atoms with E-state index in [1.165, 1.54) is 0 Å². The molecule has 2 aromatic rings. The fourth-order valence-electron chi connectivity index (χ4n) is 2.42. The van der Waals surface area contributed by atoms with Crippen LogP contribution in [0.5, 0.6) is 0 Å². The first-order valence-corrected chi connectivity index (χ1v) is 7.25. The van der Waals surface area contributed by atoms with Crippen LogP contribution in [0.4, 0.5) is 5.95 Å². The summed E-state index contributed by atoms with van der Waals surface area (Å²) in [5, 5.41) is 0. The van der Waals surface area contributed by atoms with Crippen LogP contribution in [0.25, 0.3) is 11.0 Å². The van der Waals surface area contributed by atoms with Gasteiger partial charge in [0, 0.05) is 30.7 Å². The van der Waals surface area contributed by atoms with Crippen LogP contribution in [-0.2, 0) is 11.3 Å². The predicted octanol–water partition coefficient (Wildman–Crippen LogP) is 1.71. The van der Waals surface area contributed by atoms with Crippen LogP contribution in [0.3, 0.4) is 0 Å². The number of anilines is 1. The number of nitrogens with zero attached hydrogens (tertiary/aromatic N) is 3. The Morgan fingerprint density at radius 2 is 2.05 bits per heavy atom. The van der Waals surface area contributed by atoms with Crippen molar-refractivity contribution in [1.29, 1.82) is 0 Å². The average molecular weight is 325 g/mol. The molecule has 0 aliphatic carbocycles. The summed E-state index contributed by atoms with van der Waals surface area (Å²) in [6.07, 6.45) is 0. The van der Waals surface area contributed by atoms with Gasteiger partial charge in [-0.25, -0.2) is 4.98 Å². The smallest absolute Gasteiger partial charge is 0.201 e. The van der Waals surface area contributed by atoms with E-state index < -0.39 is 0 Å². The lowest BCUT2D eigenvalue weighted by atomic mass is 10.3. The second-order valence-corrected chi connectivity index (χ2v) is 5.62. The molecule has 0 amide bonds. The molecule has 2 N–H and O–H groups in total. The van der Waals surface area contributed by atoms with Crippen molar-refractivity contribution in [3.8, 4) is 0 Å². The van der Waals surface area contributed by atoms with Gasteiger partial charge in [-0.2, -0.15) is 0 Å². The highest BCUT2D eigenvalue weighted by atomic mass is 79.9. The highest BCUT2D eigenvalue weighted by molar-refractivity contribution is 9.10. The normalized spacial score (nSPS) is 17.1. The standard InChI is InChI=1S/C13H17BrN4O/c14-10-1-2-12-11(9-10)16-13(15)18(12)4-3-17-5-7-19-8-6-17/h1-2,9H,3-8H2,(H2,15,16). The molecule has 0 spiro atoms. The number of aromatic nitrogens is 2. The van der Waals surface area contributed by atoms with Gasteiger partial charge in [0.2, 0.25) is 5.95 Å². The molecule has 3 rings (SSSR count). The third-order valence-electron chi connectivity index (χ3n) is 3.48. The van der Waals surface area contributed by atoms with Crippen molar-refractivity contribution in [3.63, 3.8) is 0 Å². The fourth-order valence-corrected chi connectivity index (χ4v) is 2.77. The van der Waals surface area contributed by atoms with E-state index in [1.54, 1.807) is 0 Å². The number of ether oxygens (including phenoxy) is 1. The van der Waals surface area contributed by atoms with E-state index in [0.29, 0.717) is 5.95 Å². The van der Waals surface area contributed by atoms with Gasteiger partial charge >= 0.3 is 0 Å². The van der Waals surface area contributed by atoms with E-state index in [4.69, 9.17) is 10.5 Å². The molecule has 0 radical (unpaired) electrons. The molecule has 19 heavy (non-hydrogen) atoms. The molecule has 0 atom stereocenters. The van der Waals surface area contributed by atoms with Crippen LogP contribution < -0.4 is 5.73 Å². The molecule has 5 nitrogen and oxygen atoms in total. The maximum Gasteiger partial charge on any atom is 0.201 e. The number of hydrogen-bond acceptors (Lipinski definition) is 4. The molecule has 1 fully saturated rings. The van der Waals surface area contributed by atoms with Gasteiger partial charge < -0.3 is 15.0 Å². The van der Waals surface area contributed by atoms with Gasteiger partial charge in [0.05, 0.1) is 24.2 Å². The molecule has 0 saturated carbocycles. The summed E-state index contributed by atoms with van der Waals surface area (Å²) >= 11 is 3.46. The lowest BCUT2D eigenvalue weighted by Gasteiger charge is -2.26. The van der Waals surface area contributed by atoms with Crippen LogP contribution in [0, 0.1) is 0 Å². The molecule has 1 saturated heterocycles. The number of benzene rings is 1. The number of nitrogen functional groups attached to an aromatic ring is 1. The SMILES string of the molecule is Nc1nc2cc(Br)ccc2n1CCN1CCOCC1. The molecule has 1 aliphatic rings. The van der Waals surface area contributed by atoms with E-state index in [0.717, 1.165) is 54.9 Å². The molecule has 0 unspecified atom stereocenters. The summed E-state index contributed by atoms with van der Waals surface area (Å²) in [6.45, 7) is 5.50. The quantitative estimate of drug-likeness (QED) is 0.933. The Kier molecular flexibility index (Phi) is 3.72. The Bertz CT molecular complexity index is 577. The van der Waals surface area contributed by atoms with Gasteiger partial charge in [-0.15, -0.1) is 0 Å². The van der Waals surface area contributed by atoms with Crippen molar-refractivity contribution in [2.24, 2.45) is 0 Å². The topological polar surface area (TPSA) is 56.3 Å². The van der Waals surface area contributed by atoms with E-state index >= 15 is 0 Å². The first-order valence-electron chi connectivity index (χ1n) is 6.45. The lowest BCUT2D eigenvalue weighted by molar-refractivity contribution is 0.0366. The van der Waals surface area contributed by atoms with Gasteiger partial charge in [-0.1, -0.05) is 15.9 Å². The number of rotatable bonds is 3. The van der Waals surface area contributed by atoms with Crippen molar-refractivity contribution in [2.75, 3.05) is 38.6 Å². The van der Waals surface area contributed by atoms with E-state index in [1.807, 2.05) is 12.1 Å². The number of halogens is 1. The Morgan fingerprint density at radius 3 is 2.84 bits per heavy atom. The molecular weight excluding hydrogens is 308 g/mol. The number of fused-ring (bicyclic) bond motifs is 1. The van der Waals surface area contributed by atoms with E-state index in [2.05, 4.69) is 36.4 Å². The van der Waals surface area contributed by atoms with Crippen molar-refractivity contribution in [1.82, 2.24) is 14.5 Å². The van der Waals surface area contributed by atoms with E-state index in [9.17, 15) is 0 Å². The molecule has 1 aromatic carbocycles. The maximum atomic E-state index is 6.01. The first kappa shape index (κ1) is 12.9. The predicted molar refractivity (Wildman–Crippen MR) is 79.1 cm³/mol. The lowest BCUT2D eigenvalue weighted by Crippen LogP contribution is -2.38. The minimum atomic E-state index is 0.585. The Balaban J connectivity index is 1.78. The second-order valence-electron chi connectivity index (χ2n) is 4.71. The first-order chi connectivity index (χ1) is 9.24. The molecule has 1 aliphatic heterocycles. The summed E-state index contributed by atoms with van der Waals surface area (Å²) in [6, 6.07) is 6.08. The summed E-state index contributed by atoms with van der Waals surface area (Å²) in [7, 11) is 0. The van der Waals surface area contributed by atoms with Crippen molar-refractivity contribution in [3.05, 3.63) is 22.7 Å². The fraction of sp³-hybridized carbons (Fsp3) is 0.462. The Morgan fingerprint density at radius 1 is 1.26 bits per heavy atom. The summed E-state index contributed by atoms with van der Waals surface area (Å²) in [5.74, 6) is 0.585. The Labute approximate surface area is 120 Å². The summed E-state index contributed by atoms with van der Waals surface area (Å²) < 4.78 is 8.46. The van der Waals surface area contributed by atoms with Crippen LogP contribution >= 0.6 is 15.9 Å². The van der Waals surface area contributed by atoms with Gasteiger partial charge in [0.1, 0.15) is 0 Å². The number of morpholine rings is 1. The minimum Gasteiger partial charge on any atom is -0.379 e. The van der Waals surface area contributed by atoms with Crippen molar-refractivity contribution >= 4 is 32.9 Å². The number of nitrogens with two attached hydrogens (primary N) is 1. The van der Waals surface area contributed by atoms with Crippen molar-refractivity contribution < 1.29 is 4.74 Å². The van der Waals surface area contributed by atoms with E-state index in [-0.39, 0.29) is 0 Å². The summed E-state index contributed by atoms with van der Waals surface area (Å²) in [4.78, 5) is 6.80. The van der Waals surface area contributed by atoms with Gasteiger partial charge in [-0.05, 0) is 18.2 Å². The third-order valence-corrected chi connectivity index (χ3v) is 3.98. The largest absolute Gasteiger partial charge is 0.379 e. The molecule has 2 heterocycles. The van der Waals surface area contributed by atoms with Crippen LogP contribution in [0.15, 0.2) is 22.7 Å². The zero-order chi connectivity index (χ0) is 13.2. The molecule has 0 bridgehead atoms. The van der Waals surface area contributed by atoms with Crippen LogP contribution in [0.1, 0.15) is 0 Å². The summed E-state index contributed by atoms with van der Waals surface area (Å²) in [5.41, 5.74) is 8.04. The minimum absolute atomic E-state index is 0.585. The Hall–Kier alpha value is -1.11. The monoisotopic (exact) mass is 324 g/mol. The van der Waals surface area contributed by atoms with Crippen LogP contribution in [0.2, 0.25) is 0 Å². The third kappa shape index (κ3) is 2.75. The molecule has 6 heteroatoms. The average Bonchev–Trinajstić information content (AvgIpc) is 2.72. The van der Waals surface area contributed by atoms with Gasteiger partial charge in [-0.3, -0.25) is 4.90 Å². The highest BCUT2D eigenvalue weighted by Gasteiger charge is 2.12. The zero-order valence-electron chi connectivity index (χ0n) is 10.7. The van der Waals surface area contributed by atoms with Crippen LogP contribution in [-0.4, -0.2) is 47.3 Å². The van der Waals surface area contributed by atoms with Gasteiger partial charge in [0.25, 0.3) is 0 Å². The molecular formula is C13H17BrN4O. The number of hydrogen-bond donors (Lipinski definition) is 1. The molecule has 1 aromatic heterocycles. The second kappa shape index (κ2) is 5.48. The zero-order valence-corrected chi connectivity index (χ0v) is 12.3. The number of imidazole rings is 1. The maximum absolute atomic E-state index is 6.01.